The molecule has 1 atom stereocenters. The van der Waals surface area contributed by atoms with E-state index in [2.05, 4.69) is 9.62 Å². The molecule has 156 valence electrons. The van der Waals surface area contributed by atoms with Crippen LogP contribution in [0.5, 0.6) is 0 Å². The number of piperidine rings is 1. The Hall–Kier alpha value is -1.74. The van der Waals surface area contributed by atoms with Gasteiger partial charge in [-0.3, -0.25) is 0 Å². The number of aromatic nitrogens is 2. The molecule has 0 amide bonds. The van der Waals surface area contributed by atoms with E-state index in [1.54, 1.807) is 0 Å². The average Bonchev–Trinajstić information content (AvgIpc) is 2.71. The lowest BCUT2D eigenvalue weighted by molar-refractivity contribution is 0.408. The van der Waals surface area contributed by atoms with Crippen LogP contribution in [0.1, 0.15) is 36.9 Å². The molecule has 1 aliphatic carbocycles. The second-order valence-corrected chi connectivity index (χ2v) is 9.68. The van der Waals surface area contributed by atoms with Gasteiger partial charge in [-0.1, -0.05) is 23.7 Å². The molecule has 3 N–H and O–H groups in total. The number of halogens is 1. The van der Waals surface area contributed by atoms with Gasteiger partial charge in [-0.25, -0.2) is 19.8 Å². The first kappa shape index (κ1) is 20.5. The molecule has 1 aromatic carbocycles. The van der Waals surface area contributed by atoms with Crippen molar-refractivity contribution in [3.8, 4) is 11.4 Å². The SMILES string of the molecule is NS(=O)(=O)NC[C@@H]1CCCN(c2nc(-c3cccc(Cl)c3)nc3c2CCCC3)C1. The van der Waals surface area contributed by atoms with E-state index in [-0.39, 0.29) is 5.92 Å². The minimum atomic E-state index is -3.67. The Kier molecular flexibility index (Phi) is 6.06. The summed E-state index contributed by atoms with van der Waals surface area (Å²) in [6.07, 6.45) is 6.18. The number of hydrogen-bond acceptors (Lipinski definition) is 5. The molecule has 9 heteroatoms. The summed E-state index contributed by atoms with van der Waals surface area (Å²) in [5.41, 5.74) is 3.28. The van der Waals surface area contributed by atoms with E-state index in [0.29, 0.717) is 17.4 Å². The lowest BCUT2D eigenvalue weighted by Gasteiger charge is -2.35. The first-order valence-corrected chi connectivity index (χ1v) is 12.0. The molecule has 1 fully saturated rings. The maximum atomic E-state index is 11.3. The van der Waals surface area contributed by atoms with Crippen LogP contribution in [0.25, 0.3) is 11.4 Å². The van der Waals surface area contributed by atoms with Gasteiger partial charge in [-0.05, 0) is 56.6 Å². The topological polar surface area (TPSA) is 101 Å². The molecular weight excluding hydrogens is 410 g/mol. The molecule has 0 spiro atoms. The zero-order valence-corrected chi connectivity index (χ0v) is 17.8. The molecule has 2 heterocycles. The van der Waals surface area contributed by atoms with Crippen molar-refractivity contribution in [2.24, 2.45) is 11.1 Å². The van der Waals surface area contributed by atoms with Crippen LogP contribution in [-0.4, -0.2) is 38.0 Å². The van der Waals surface area contributed by atoms with Crippen LogP contribution in [0, 0.1) is 5.92 Å². The quantitative estimate of drug-likeness (QED) is 0.751. The highest BCUT2D eigenvalue weighted by Gasteiger charge is 2.27. The number of rotatable bonds is 5. The number of nitrogens with one attached hydrogen (secondary N) is 1. The predicted molar refractivity (Wildman–Crippen MR) is 115 cm³/mol. The van der Waals surface area contributed by atoms with Crippen molar-refractivity contribution in [1.29, 1.82) is 0 Å². The van der Waals surface area contributed by atoms with Gasteiger partial charge in [0.1, 0.15) is 5.82 Å². The summed E-state index contributed by atoms with van der Waals surface area (Å²) in [5.74, 6) is 1.89. The zero-order chi connectivity index (χ0) is 20.4. The first-order chi connectivity index (χ1) is 13.9. The standard InChI is InChI=1S/C20H26ClN5O2S/c21-16-7-3-6-15(11-16)19-24-18-9-2-1-8-17(18)20(25-19)26-10-4-5-14(13-26)12-23-29(22,27)28/h3,6-7,11,14,23H,1-2,4-5,8-10,12-13H2,(H2,22,27,28)/t14-/m0/s1. The number of aryl methyl sites for hydroxylation is 1. The van der Waals surface area contributed by atoms with E-state index in [9.17, 15) is 8.42 Å². The molecule has 1 aromatic heterocycles. The molecule has 1 aliphatic heterocycles. The van der Waals surface area contributed by atoms with Crippen molar-refractivity contribution in [2.45, 2.75) is 38.5 Å². The van der Waals surface area contributed by atoms with Gasteiger partial charge in [0.25, 0.3) is 10.2 Å². The van der Waals surface area contributed by atoms with Crippen molar-refractivity contribution < 1.29 is 8.42 Å². The van der Waals surface area contributed by atoms with Crippen LogP contribution < -0.4 is 14.8 Å². The monoisotopic (exact) mass is 435 g/mol. The second kappa shape index (κ2) is 8.55. The summed E-state index contributed by atoms with van der Waals surface area (Å²) in [7, 11) is -3.67. The fourth-order valence-electron chi connectivity index (χ4n) is 4.25. The van der Waals surface area contributed by atoms with Gasteiger partial charge in [-0.15, -0.1) is 0 Å². The number of fused-ring (bicyclic) bond motifs is 1. The molecule has 0 unspecified atom stereocenters. The number of nitrogens with zero attached hydrogens (tertiary/aromatic N) is 3. The molecule has 0 bridgehead atoms. The summed E-state index contributed by atoms with van der Waals surface area (Å²) in [6.45, 7) is 2.01. The summed E-state index contributed by atoms with van der Waals surface area (Å²) in [6, 6.07) is 7.63. The summed E-state index contributed by atoms with van der Waals surface area (Å²) in [5, 5.41) is 5.77. The highest BCUT2D eigenvalue weighted by molar-refractivity contribution is 7.87. The molecule has 29 heavy (non-hydrogen) atoms. The van der Waals surface area contributed by atoms with Gasteiger partial charge in [0, 0.05) is 41.5 Å². The van der Waals surface area contributed by atoms with Gasteiger partial charge in [-0.2, -0.15) is 8.42 Å². The van der Waals surface area contributed by atoms with Gasteiger partial charge in [0.15, 0.2) is 5.82 Å². The van der Waals surface area contributed by atoms with Crippen molar-refractivity contribution in [1.82, 2.24) is 14.7 Å². The van der Waals surface area contributed by atoms with Crippen LogP contribution in [0.2, 0.25) is 5.02 Å². The maximum absolute atomic E-state index is 11.3. The van der Waals surface area contributed by atoms with Crippen LogP contribution >= 0.6 is 11.6 Å². The minimum Gasteiger partial charge on any atom is -0.356 e. The third-order valence-corrected chi connectivity index (χ3v) is 6.44. The lowest BCUT2D eigenvalue weighted by atomic mass is 9.93. The van der Waals surface area contributed by atoms with E-state index >= 15 is 0 Å². The van der Waals surface area contributed by atoms with E-state index < -0.39 is 10.2 Å². The smallest absolute Gasteiger partial charge is 0.274 e. The van der Waals surface area contributed by atoms with Crippen LogP contribution in [-0.2, 0) is 23.1 Å². The Morgan fingerprint density at radius 3 is 2.83 bits per heavy atom. The van der Waals surface area contributed by atoms with E-state index in [4.69, 9.17) is 26.7 Å². The van der Waals surface area contributed by atoms with Crippen molar-refractivity contribution in [2.75, 3.05) is 24.5 Å². The Morgan fingerprint density at radius 1 is 1.21 bits per heavy atom. The lowest BCUT2D eigenvalue weighted by Crippen LogP contribution is -2.43. The van der Waals surface area contributed by atoms with Crippen LogP contribution in [0.3, 0.4) is 0 Å². The first-order valence-electron chi connectivity index (χ1n) is 10.1. The molecular formula is C20H26ClN5O2S. The molecule has 2 aliphatic rings. The summed E-state index contributed by atoms with van der Waals surface area (Å²) < 4.78 is 25.0. The maximum Gasteiger partial charge on any atom is 0.274 e. The molecule has 7 nitrogen and oxygen atoms in total. The Labute approximate surface area is 176 Å². The van der Waals surface area contributed by atoms with Crippen LogP contribution in [0.15, 0.2) is 24.3 Å². The normalized spacial score (nSPS) is 19.8. The second-order valence-electron chi connectivity index (χ2n) is 7.86. The fourth-order valence-corrected chi connectivity index (χ4v) is 4.91. The van der Waals surface area contributed by atoms with E-state index in [1.165, 1.54) is 5.56 Å². The molecule has 1 saturated heterocycles. The van der Waals surface area contributed by atoms with Crippen molar-refractivity contribution >= 4 is 27.6 Å². The van der Waals surface area contributed by atoms with Crippen LogP contribution in [0.4, 0.5) is 5.82 Å². The number of nitrogens with two attached hydrogens (primary N) is 1. The molecule has 0 saturated carbocycles. The summed E-state index contributed by atoms with van der Waals surface area (Å²) >= 11 is 6.19. The van der Waals surface area contributed by atoms with E-state index in [0.717, 1.165) is 68.7 Å². The molecule has 2 aromatic rings. The molecule has 4 rings (SSSR count). The van der Waals surface area contributed by atoms with Gasteiger partial charge in [0.2, 0.25) is 0 Å². The number of hydrogen-bond donors (Lipinski definition) is 2. The van der Waals surface area contributed by atoms with Gasteiger partial charge < -0.3 is 4.90 Å². The average molecular weight is 436 g/mol. The number of anilines is 1. The zero-order valence-electron chi connectivity index (χ0n) is 16.3. The fraction of sp³-hybridized carbons (Fsp3) is 0.500. The highest BCUT2D eigenvalue weighted by Crippen LogP contribution is 2.33. The van der Waals surface area contributed by atoms with Gasteiger partial charge in [0.05, 0.1) is 0 Å². The predicted octanol–water partition coefficient (Wildman–Crippen LogP) is 2.69. The third kappa shape index (κ3) is 5.06. The van der Waals surface area contributed by atoms with Gasteiger partial charge >= 0.3 is 0 Å². The largest absolute Gasteiger partial charge is 0.356 e. The third-order valence-electron chi connectivity index (χ3n) is 5.64. The summed E-state index contributed by atoms with van der Waals surface area (Å²) in [4.78, 5) is 12.1. The number of benzene rings is 1. The Morgan fingerprint density at radius 2 is 2.03 bits per heavy atom. The van der Waals surface area contributed by atoms with Crippen molar-refractivity contribution in [3.05, 3.63) is 40.5 Å². The van der Waals surface area contributed by atoms with Crippen molar-refractivity contribution in [3.63, 3.8) is 0 Å². The highest BCUT2D eigenvalue weighted by atomic mass is 35.5. The minimum absolute atomic E-state index is 0.200. The Bertz CT molecular complexity index is 998. The Balaban J connectivity index is 1.65. The molecule has 0 radical (unpaired) electrons. The van der Waals surface area contributed by atoms with E-state index in [1.807, 2.05) is 24.3 Å².